The molecule has 1 aliphatic heterocycles. The molecule has 4 rings (SSSR count). The quantitative estimate of drug-likeness (QED) is 0.405. The first kappa shape index (κ1) is 22.2. The van der Waals surface area contributed by atoms with Crippen LogP contribution in [0.1, 0.15) is 47.0 Å². The van der Waals surface area contributed by atoms with Gasteiger partial charge in [-0.1, -0.05) is 30.0 Å². The fourth-order valence-corrected chi connectivity index (χ4v) is 5.70. The van der Waals surface area contributed by atoms with Crippen LogP contribution in [0.5, 0.6) is 0 Å². The predicted octanol–water partition coefficient (Wildman–Crippen LogP) is 4.24. The van der Waals surface area contributed by atoms with Gasteiger partial charge in [0.1, 0.15) is 15.9 Å². The van der Waals surface area contributed by atoms with Crippen molar-refractivity contribution in [2.45, 2.75) is 37.1 Å². The molecule has 1 aromatic carbocycles. The van der Waals surface area contributed by atoms with E-state index in [1.807, 2.05) is 34.9 Å². The van der Waals surface area contributed by atoms with E-state index in [0.717, 1.165) is 48.9 Å². The molecule has 0 atom stereocenters. The number of nitrogens with zero attached hydrogens (tertiary/aromatic N) is 5. The number of carbonyl (C=O) groups is 1. The van der Waals surface area contributed by atoms with E-state index in [9.17, 15) is 10.1 Å². The summed E-state index contributed by atoms with van der Waals surface area (Å²) in [5.41, 5.74) is 7.90. The summed E-state index contributed by atoms with van der Waals surface area (Å²) in [6.07, 6.45) is 3.49. The number of hydrogen-bond acceptors (Lipinski definition) is 9. The molecule has 0 spiro atoms. The maximum Gasteiger partial charge on any atom is 0.348 e. The Morgan fingerprint density at radius 3 is 2.69 bits per heavy atom. The zero-order valence-electron chi connectivity index (χ0n) is 17.8. The number of para-hydroxylation sites is 1. The summed E-state index contributed by atoms with van der Waals surface area (Å²) in [7, 11) is 0. The molecule has 0 amide bonds. The number of ether oxygens (including phenoxy) is 1. The van der Waals surface area contributed by atoms with E-state index in [1.54, 1.807) is 6.92 Å². The summed E-state index contributed by atoms with van der Waals surface area (Å²) in [5.74, 6) is 0.713. The number of thioether (sulfide) groups is 1. The summed E-state index contributed by atoms with van der Waals surface area (Å²) in [6, 6.07) is 12.1. The second kappa shape index (κ2) is 10.1. The Balaban J connectivity index is 1.68. The molecular formula is C22H24N6O2S2. The molecule has 0 bridgehead atoms. The van der Waals surface area contributed by atoms with Crippen molar-refractivity contribution in [2.24, 2.45) is 0 Å². The summed E-state index contributed by atoms with van der Waals surface area (Å²) < 4.78 is 7.21. The Hall–Kier alpha value is -3.03. The Labute approximate surface area is 195 Å². The van der Waals surface area contributed by atoms with Crippen molar-refractivity contribution in [3.63, 3.8) is 0 Å². The topological polar surface area (TPSA) is 110 Å². The van der Waals surface area contributed by atoms with E-state index in [1.165, 1.54) is 18.2 Å². The van der Waals surface area contributed by atoms with Crippen molar-refractivity contribution < 1.29 is 9.53 Å². The molecule has 3 heterocycles. The van der Waals surface area contributed by atoms with Crippen molar-refractivity contribution in [1.82, 2.24) is 14.8 Å². The third-order valence-electron chi connectivity index (χ3n) is 5.22. The molecule has 0 unspecified atom stereocenters. The fraction of sp³-hybridized carbons (Fsp3) is 0.364. The number of esters is 1. The first-order valence-corrected chi connectivity index (χ1v) is 12.3. The van der Waals surface area contributed by atoms with Gasteiger partial charge in [0.15, 0.2) is 5.16 Å². The lowest BCUT2D eigenvalue weighted by atomic mass is 10.1. The van der Waals surface area contributed by atoms with E-state index in [0.29, 0.717) is 31.9 Å². The number of benzene rings is 1. The molecule has 0 radical (unpaired) electrons. The molecule has 2 aromatic heterocycles. The van der Waals surface area contributed by atoms with Crippen molar-refractivity contribution in [3.05, 3.63) is 46.3 Å². The molecule has 1 saturated heterocycles. The fourth-order valence-electron chi connectivity index (χ4n) is 3.70. The number of aromatic nitrogens is 3. The monoisotopic (exact) mass is 468 g/mol. The zero-order valence-corrected chi connectivity index (χ0v) is 19.4. The second-order valence-corrected chi connectivity index (χ2v) is 9.27. The van der Waals surface area contributed by atoms with E-state index in [-0.39, 0.29) is 6.61 Å². The van der Waals surface area contributed by atoms with Crippen molar-refractivity contribution in [3.8, 4) is 11.8 Å². The van der Waals surface area contributed by atoms with Crippen LogP contribution in [0.25, 0.3) is 5.69 Å². The van der Waals surface area contributed by atoms with Gasteiger partial charge < -0.3 is 15.4 Å². The van der Waals surface area contributed by atoms with E-state index in [4.69, 9.17) is 10.5 Å². The Bertz CT molecular complexity index is 1130. The van der Waals surface area contributed by atoms with Crippen LogP contribution in [0.2, 0.25) is 0 Å². The summed E-state index contributed by atoms with van der Waals surface area (Å²) >= 11 is 2.52. The van der Waals surface area contributed by atoms with Crippen molar-refractivity contribution in [1.29, 1.82) is 5.26 Å². The molecule has 1 aliphatic rings. The molecule has 2 N–H and O–H groups in total. The van der Waals surface area contributed by atoms with Gasteiger partial charge in [0.2, 0.25) is 5.95 Å². The highest BCUT2D eigenvalue weighted by Crippen LogP contribution is 2.36. The molecule has 3 aromatic rings. The van der Waals surface area contributed by atoms with Crippen LogP contribution in [0, 0.1) is 11.3 Å². The summed E-state index contributed by atoms with van der Waals surface area (Å²) in [6.45, 7) is 3.90. The maximum atomic E-state index is 12.4. The van der Waals surface area contributed by atoms with Gasteiger partial charge in [-0.25, -0.2) is 4.79 Å². The number of nitrogens with two attached hydrogens (primary N) is 1. The van der Waals surface area contributed by atoms with Crippen molar-refractivity contribution >= 4 is 40.0 Å². The molecule has 8 nitrogen and oxygen atoms in total. The van der Waals surface area contributed by atoms with Gasteiger partial charge in [-0.2, -0.15) is 5.26 Å². The second-order valence-electron chi connectivity index (χ2n) is 7.27. The van der Waals surface area contributed by atoms with Gasteiger partial charge in [-0.3, -0.25) is 4.57 Å². The number of nitriles is 1. The molecule has 32 heavy (non-hydrogen) atoms. The smallest absolute Gasteiger partial charge is 0.348 e. The largest absolute Gasteiger partial charge is 0.462 e. The van der Waals surface area contributed by atoms with Crippen molar-refractivity contribution in [2.75, 3.05) is 30.3 Å². The normalized spacial score (nSPS) is 13.7. The van der Waals surface area contributed by atoms with Gasteiger partial charge in [0.25, 0.3) is 0 Å². The Morgan fingerprint density at radius 2 is 2.00 bits per heavy atom. The molecule has 166 valence electrons. The summed E-state index contributed by atoms with van der Waals surface area (Å²) in [4.78, 5) is 15.1. The van der Waals surface area contributed by atoms with Gasteiger partial charge in [-0.05, 0) is 38.3 Å². The third kappa shape index (κ3) is 4.45. The maximum absolute atomic E-state index is 12.4. The van der Waals surface area contributed by atoms with E-state index in [2.05, 4.69) is 21.2 Å². The highest BCUT2D eigenvalue weighted by atomic mass is 32.2. The van der Waals surface area contributed by atoms with Crippen LogP contribution in [-0.4, -0.2) is 40.4 Å². The number of anilines is 2. The number of rotatable bonds is 7. The van der Waals surface area contributed by atoms with E-state index >= 15 is 0 Å². The zero-order chi connectivity index (χ0) is 22.5. The lowest BCUT2D eigenvalue weighted by molar-refractivity contribution is 0.0531. The summed E-state index contributed by atoms with van der Waals surface area (Å²) in [5, 5.41) is 19.6. The van der Waals surface area contributed by atoms with Crippen LogP contribution in [0.3, 0.4) is 0 Å². The minimum Gasteiger partial charge on any atom is -0.462 e. The molecule has 0 saturated carbocycles. The SMILES string of the molecule is CCOC(=O)c1sc(N)c(C#N)c1CSc1nnc(N2CCCCC2)n1-c1ccccc1. The van der Waals surface area contributed by atoms with Crippen LogP contribution < -0.4 is 10.6 Å². The first-order chi connectivity index (χ1) is 15.6. The highest BCUT2D eigenvalue weighted by Gasteiger charge is 2.25. The van der Waals surface area contributed by atoms with Gasteiger partial charge in [0.05, 0.1) is 17.9 Å². The van der Waals surface area contributed by atoms with Crippen LogP contribution >= 0.6 is 23.1 Å². The molecular weight excluding hydrogens is 444 g/mol. The van der Waals surface area contributed by atoms with Gasteiger partial charge >= 0.3 is 5.97 Å². The van der Waals surface area contributed by atoms with Crippen LogP contribution in [0.4, 0.5) is 10.9 Å². The lowest BCUT2D eigenvalue weighted by Gasteiger charge is -2.27. The molecule has 10 heteroatoms. The average Bonchev–Trinajstić information content (AvgIpc) is 3.39. The number of nitrogen functional groups attached to an aromatic ring is 1. The minimum absolute atomic E-state index is 0.257. The lowest BCUT2D eigenvalue weighted by Crippen LogP contribution is -2.31. The van der Waals surface area contributed by atoms with Crippen LogP contribution in [0.15, 0.2) is 35.5 Å². The predicted molar refractivity (Wildman–Crippen MR) is 126 cm³/mol. The first-order valence-electron chi connectivity index (χ1n) is 10.5. The molecule has 0 aliphatic carbocycles. The Morgan fingerprint density at radius 1 is 1.25 bits per heavy atom. The molecule has 1 fully saturated rings. The van der Waals surface area contributed by atoms with Gasteiger partial charge in [-0.15, -0.1) is 21.5 Å². The highest BCUT2D eigenvalue weighted by molar-refractivity contribution is 7.98. The number of hydrogen-bond donors (Lipinski definition) is 1. The van der Waals surface area contributed by atoms with Crippen LogP contribution in [-0.2, 0) is 10.5 Å². The van der Waals surface area contributed by atoms with E-state index < -0.39 is 5.97 Å². The van der Waals surface area contributed by atoms with Gasteiger partial charge in [0, 0.05) is 24.4 Å². The number of thiophene rings is 1. The Kier molecular flexibility index (Phi) is 6.97. The number of piperidine rings is 1. The average molecular weight is 469 g/mol. The number of carbonyl (C=O) groups excluding carboxylic acids is 1. The standard InChI is InChI=1S/C22H24N6O2S2/c1-2-30-20(29)18-17(16(13-23)19(24)32-18)14-31-22-26-25-21(27-11-7-4-8-12-27)28(22)15-9-5-3-6-10-15/h3,5-6,9-10H,2,4,7-8,11-12,14,24H2,1H3. The third-order valence-corrected chi connectivity index (χ3v) is 7.22. The minimum atomic E-state index is -0.458.